The monoisotopic (exact) mass is 341 g/mol. The van der Waals surface area contributed by atoms with Gasteiger partial charge in [-0.3, -0.25) is 4.79 Å². The third-order valence-corrected chi connectivity index (χ3v) is 5.70. The predicted molar refractivity (Wildman–Crippen MR) is 101 cm³/mol. The van der Waals surface area contributed by atoms with Gasteiger partial charge in [0.25, 0.3) is 5.91 Å². The highest BCUT2D eigenvalue weighted by atomic mass is 16.5. The summed E-state index contributed by atoms with van der Waals surface area (Å²) in [6, 6.07) is 24.6. The molecule has 3 heteroatoms. The first-order valence-corrected chi connectivity index (χ1v) is 8.91. The van der Waals surface area contributed by atoms with Crippen molar-refractivity contribution in [2.45, 2.75) is 12.0 Å². The summed E-state index contributed by atoms with van der Waals surface area (Å²) in [5, 5.41) is 0. The van der Waals surface area contributed by atoms with E-state index in [0.717, 1.165) is 34.4 Å². The van der Waals surface area contributed by atoms with Crippen molar-refractivity contribution in [3.05, 3.63) is 101 Å². The van der Waals surface area contributed by atoms with Crippen LogP contribution in [0, 0.1) is 0 Å². The molecule has 3 aromatic carbocycles. The van der Waals surface area contributed by atoms with Crippen molar-refractivity contribution in [1.29, 1.82) is 0 Å². The third kappa shape index (κ3) is 1.80. The van der Waals surface area contributed by atoms with Gasteiger partial charge in [0.2, 0.25) is 0 Å². The minimum absolute atomic E-state index is 0.109. The number of ether oxygens (including phenoxy) is 1. The van der Waals surface area contributed by atoms with E-state index in [1.54, 1.807) is 7.11 Å². The second-order valence-corrected chi connectivity index (χ2v) is 6.85. The van der Waals surface area contributed by atoms with Crippen LogP contribution in [0.1, 0.15) is 32.6 Å². The molecule has 0 N–H and O–H groups in total. The molecular formula is C23H19NO2. The van der Waals surface area contributed by atoms with Crippen molar-refractivity contribution in [2.24, 2.45) is 0 Å². The molecule has 128 valence electrons. The van der Waals surface area contributed by atoms with Crippen molar-refractivity contribution in [1.82, 2.24) is 4.90 Å². The molecule has 2 aliphatic rings. The second-order valence-electron chi connectivity index (χ2n) is 6.85. The number of hydrogen-bond donors (Lipinski definition) is 0. The third-order valence-electron chi connectivity index (χ3n) is 5.70. The largest absolute Gasteiger partial charge is 0.497 e. The van der Waals surface area contributed by atoms with Crippen molar-refractivity contribution in [3.63, 3.8) is 0 Å². The van der Waals surface area contributed by atoms with Gasteiger partial charge in [-0.25, -0.2) is 0 Å². The molecule has 0 saturated carbocycles. The molecule has 3 aromatic rings. The van der Waals surface area contributed by atoms with Crippen LogP contribution < -0.4 is 4.74 Å². The maximum atomic E-state index is 13.3. The summed E-state index contributed by atoms with van der Waals surface area (Å²) < 4.78 is 5.52. The number of methoxy groups -OCH3 is 1. The first kappa shape index (κ1) is 15.2. The zero-order valence-corrected chi connectivity index (χ0v) is 14.6. The topological polar surface area (TPSA) is 29.5 Å². The Labute approximate surface area is 152 Å². The van der Waals surface area contributed by atoms with Crippen molar-refractivity contribution in [3.8, 4) is 5.75 Å². The van der Waals surface area contributed by atoms with E-state index in [2.05, 4.69) is 30.3 Å². The smallest absolute Gasteiger partial charge is 0.255 e. The van der Waals surface area contributed by atoms with Crippen LogP contribution in [-0.2, 0) is 12.0 Å². The van der Waals surface area contributed by atoms with Crippen molar-refractivity contribution in [2.75, 3.05) is 13.7 Å². The molecule has 0 spiro atoms. The standard InChI is InChI=1S/C23H19NO2/c1-26-18-12-11-16-13-14-24-22(25)19-9-5-6-10-20(19)23(24,21(16)15-18)17-7-3-2-4-8-17/h2-12,15H,13-14H2,1H3. The van der Waals surface area contributed by atoms with Gasteiger partial charge in [-0.15, -0.1) is 0 Å². The summed E-state index contributed by atoms with van der Waals surface area (Å²) in [5.74, 6) is 0.927. The summed E-state index contributed by atoms with van der Waals surface area (Å²) in [4.78, 5) is 15.3. The predicted octanol–water partition coefficient (Wildman–Crippen LogP) is 4.00. The van der Waals surface area contributed by atoms with Gasteiger partial charge in [0.15, 0.2) is 0 Å². The molecule has 1 unspecified atom stereocenters. The van der Waals surface area contributed by atoms with Crippen LogP contribution in [0.25, 0.3) is 0 Å². The van der Waals surface area contributed by atoms with Gasteiger partial charge in [0.1, 0.15) is 11.3 Å². The van der Waals surface area contributed by atoms with Crippen LogP contribution in [0.4, 0.5) is 0 Å². The first-order chi connectivity index (χ1) is 12.8. The number of amides is 1. The Bertz CT molecular complexity index is 1010. The summed E-state index contributed by atoms with van der Waals surface area (Å²) in [5.41, 5.74) is 4.81. The van der Waals surface area contributed by atoms with Gasteiger partial charge in [0, 0.05) is 12.1 Å². The highest BCUT2D eigenvalue weighted by Gasteiger charge is 2.54. The molecule has 2 aliphatic heterocycles. The molecule has 0 fully saturated rings. The fourth-order valence-corrected chi connectivity index (χ4v) is 4.60. The minimum Gasteiger partial charge on any atom is -0.497 e. The molecule has 3 nitrogen and oxygen atoms in total. The fraction of sp³-hybridized carbons (Fsp3) is 0.174. The average Bonchev–Trinajstić information content (AvgIpc) is 2.98. The van der Waals surface area contributed by atoms with E-state index in [0.29, 0.717) is 6.54 Å². The Hall–Kier alpha value is -3.07. The van der Waals surface area contributed by atoms with Gasteiger partial charge < -0.3 is 9.64 Å². The average molecular weight is 341 g/mol. The zero-order valence-electron chi connectivity index (χ0n) is 14.6. The van der Waals surface area contributed by atoms with Crippen LogP contribution >= 0.6 is 0 Å². The van der Waals surface area contributed by atoms with Crippen LogP contribution in [0.3, 0.4) is 0 Å². The molecule has 1 amide bonds. The highest BCUT2D eigenvalue weighted by molar-refractivity contribution is 6.02. The maximum absolute atomic E-state index is 13.3. The summed E-state index contributed by atoms with van der Waals surface area (Å²) in [6.07, 6.45) is 0.855. The van der Waals surface area contributed by atoms with E-state index >= 15 is 0 Å². The van der Waals surface area contributed by atoms with Gasteiger partial charge in [-0.05, 0) is 46.9 Å². The van der Waals surface area contributed by atoms with E-state index in [4.69, 9.17) is 4.74 Å². The number of fused-ring (bicyclic) bond motifs is 5. The minimum atomic E-state index is -0.586. The van der Waals surface area contributed by atoms with E-state index in [9.17, 15) is 4.79 Å². The molecule has 2 heterocycles. The number of rotatable bonds is 2. The van der Waals surface area contributed by atoms with E-state index in [1.807, 2.05) is 47.4 Å². The van der Waals surface area contributed by atoms with E-state index in [-0.39, 0.29) is 5.91 Å². The Morgan fingerprint density at radius 2 is 1.69 bits per heavy atom. The lowest BCUT2D eigenvalue weighted by Crippen LogP contribution is -2.50. The number of benzene rings is 3. The van der Waals surface area contributed by atoms with Gasteiger partial charge >= 0.3 is 0 Å². The van der Waals surface area contributed by atoms with E-state index in [1.165, 1.54) is 5.56 Å². The van der Waals surface area contributed by atoms with Crippen LogP contribution in [0.5, 0.6) is 5.75 Å². The van der Waals surface area contributed by atoms with Gasteiger partial charge in [0.05, 0.1) is 7.11 Å². The number of hydrogen-bond acceptors (Lipinski definition) is 2. The first-order valence-electron chi connectivity index (χ1n) is 8.91. The number of nitrogens with zero attached hydrogens (tertiary/aromatic N) is 1. The quantitative estimate of drug-likeness (QED) is 0.705. The molecule has 0 saturated heterocycles. The molecule has 0 aromatic heterocycles. The summed E-state index contributed by atoms with van der Waals surface area (Å²) >= 11 is 0. The number of carbonyl (C=O) groups excluding carboxylic acids is 1. The molecule has 1 atom stereocenters. The molecular weight excluding hydrogens is 322 g/mol. The molecule has 5 rings (SSSR count). The molecule has 0 aliphatic carbocycles. The Balaban J connectivity index is 1.92. The lowest BCUT2D eigenvalue weighted by Gasteiger charge is -2.45. The SMILES string of the molecule is COc1ccc2c(c1)C1(c3ccccc3)c3ccccc3C(=O)N1CC2. The van der Waals surface area contributed by atoms with Crippen molar-refractivity contribution >= 4 is 5.91 Å². The Kier molecular flexibility index (Phi) is 3.20. The Morgan fingerprint density at radius 3 is 2.50 bits per heavy atom. The van der Waals surface area contributed by atoms with E-state index < -0.39 is 5.54 Å². The molecule has 0 bridgehead atoms. The highest BCUT2D eigenvalue weighted by Crippen LogP contribution is 2.52. The normalized spacial score (nSPS) is 20.3. The number of carbonyl (C=O) groups is 1. The fourth-order valence-electron chi connectivity index (χ4n) is 4.60. The molecule has 0 radical (unpaired) electrons. The van der Waals surface area contributed by atoms with Gasteiger partial charge in [-0.2, -0.15) is 0 Å². The van der Waals surface area contributed by atoms with Crippen LogP contribution in [-0.4, -0.2) is 24.5 Å². The maximum Gasteiger partial charge on any atom is 0.255 e. The summed E-state index contributed by atoms with van der Waals surface area (Å²) in [6.45, 7) is 0.710. The van der Waals surface area contributed by atoms with Crippen molar-refractivity contribution < 1.29 is 9.53 Å². The lowest BCUT2D eigenvalue weighted by atomic mass is 9.73. The zero-order chi connectivity index (χ0) is 17.7. The molecule has 26 heavy (non-hydrogen) atoms. The van der Waals surface area contributed by atoms with Crippen LogP contribution in [0.15, 0.2) is 72.8 Å². The van der Waals surface area contributed by atoms with Gasteiger partial charge in [-0.1, -0.05) is 54.6 Å². The Morgan fingerprint density at radius 1 is 0.923 bits per heavy atom. The summed E-state index contributed by atoms with van der Waals surface area (Å²) in [7, 11) is 1.69. The second kappa shape index (κ2) is 5.46. The lowest BCUT2D eigenvalue weighted by molar-refractivity contribution is 0.0659. The van der Waals surface area contributed by atoms with Crippen LogP contribution in [0.2, 0.25) is 0 Å².